The quantitative estimate of drug-likeness (QED) is 0.527. The van der Waals surface area contributed by atoms with Gasteiger partial charge in [-0.05, 0) is 11.3 Å². The van der Waals surface area contributed by atoms with Crippen molar-refractivity contribution in [3.05, 3.63) is 76.0 Å². The van der Waals surface area contributed by atoms with E-state index in [0.717, 1.165) is 0 Å². The van der Waals surface area contributed by atoms with Crippen molar-refractivity contribution in [2.24, 2.45) is 0 Å². The number of para-hydroxylation sites is 1. The summed E-state index contributed by atoms with van der Waals surface area (Å²) in [7, 11) is 0. The topological polar surface area (TPSA) is 140 Å². The van der Waals surface area contributed by atoms with Gasteiger partial charge in [-0.15, -0.1) is 9.89 Å². The fraction of sp³-hybridized carbons (Fsp3) is 0. The maximum absolute atomic E-state index is 12.4. The highest BCUT2D eigenvalue weighted by Crippen LogP contribution is 2.21. The number of nitrogens with zero attached hydrogens (tertiary/aromatic N) is 4. The molecule has 0 saturated carbocycles. The third kappa shape index (κ3) is 3.11. The highest BCUT2D eigenvalue weighted by molar-refractivity contribution is 6.04. The van der Waals surface area contributed by atoms with E-state index in [-0.39, 0.29) is 17.0 Å². The number of aromatic carboxylic acids is 1. The molecule has 0 saturated heterocycles. The van der Waals surface area contributed by atoms with Gasteiger partial charge in [0.15, 0.2) is 5.69 Å². The third-order valence-electron chi connectivity index (χ3n) is 3.47. The summed E-state index contributed by atoms with van der Waals surface area (Å²) in [4.78, 5) is 35.0. The van der Waals surface area contributed by atoms with Crippen molar-refractivity contribution in [3.63, 3.8) is 0 Å². The summed E-state index contributed by atoms with van der Waals surface area (Å²) in [5, 5.41) is 27.9. The van der Waals surface area contributed by atoms with Crippen molar-refractivity contribution in [3.8, 4) is 11.3 Å². The second kappa shape index (κ2) is 6.81. The average Bonchev–Trinajstić information content (AvgIpc) is 3.06. The average molecular weight is 353 g/mol. The van der Waals surface area contributed by atoms with E-state index >= 15 is 0 Å². The summed E-state index contributed by atoms with van der Waals surface area (Å²) in [5.41, 5.74) is 1.75. The van der Waals surface area contributed by atoms with Crippen LogP contribution in [0.25, 0.3) is 11.3 Å². The van der Waals surface area contributed by atoms with Gasteiger partial charge in [-0.3, -0.25) is 14.9 Å². The first-order chi connectivity index (χ1) is 12.5. The number of rotatable bonds is 5. The van der Waals surface area contributed by atoms with E-state index in [1.165, 1.54) is 24.3 Å². The number of nitrogens with one attached hydrogen (secondary N) is 1. The maximum atomic E-state index is 12.4. The molecule has 3 rings (SSSR count). The molecule has 0 unspecified atom stereocenters. The minimum atomic E-state index is -1.36. The predicted octanol–water partition coefficient (Wildman–Crippen LogP) is 1.94. The fourth-order valence-corrected chi connectivity index (χ4v) is 2.32. The Bertz CT molecular complexity index is 999. The summed E-state index contributed by atoms with van der Waals surface area (Å²) < 4.78 is 0. The third-order valence-corrected chi connectivity index (χ3v) is 3.47. The van der Waals surface area contributed by atoms with Gasteiger partial charge in [0.1, 0.15) is 11.3 Å². The number of benzene rings is 2. The number of carboxylic acid groups (broad SMARTS) is 1. The van der Waals surface area contributed by atoms with E-state index in [4.69, 9.17) is 0 Å². The largest absolute Gasteiger partial charge is 0.476 e. The van der Waals surface area contributed by atoms with Crippen molar-refractivity contribution in [1.82, 2.24) is 15.1 Å². The molecule has 10 heteroatoms. The number of aromatic nitrogens is 3. The molecule has 0 aliphatic carbocycles. The molecule has 0 fully saturated rings. The van der Waals surface area contributed by atoms with Crippen LogP contribution < -0.4 is 5.43 Å². The molecule has 130 valence electrons. The van der Waals surface area contributed by atoms with E-state index in [9.17, 15) is 24.8 Å². The Hall–Kier alpha value is -4.08. The highest BCUT2D eigenvalue weighted by Gasteiger charge is 2.25. The maximum Gasteiger partial charge on any atom is 0.358 e. The summed E-state index contributed by atoms with van der Waals surface area (Å²) in [6.07, 6.45) is 0. The van der Waals surface area contributed by atoms with E-state index in [2.05, 4.69) is 15.7 Å². The molecular formula is C16H11N5O5. The lowest BCUT2D eigenvalue weighted by atomic mass is 10.1. The summed E-state index contributed by atoms with van der Waals surface area (Å²) >= 11 is 0. The van der Waals surface area contributed by atoms with Crippen LogP contribution in [0, 0.1) is 10.1 Å². The van der Waals surface area contributed by atoms with Crippen LogP contribution in [-0.2, 0) is 0 Å². The van der Waals surface area contributed by atoms with Crippen molar-refractivity contribution >= 4 is 17.6 Å². The summed E-state index contributed by atoms with van der Waals surface area (Å²) in [6, 6.07) is 13.7. The number of hydrogen-bond acceptors (Lipinski definition) is 6. The minimum Gasteiger partial charge on any atom is -0.476 e. The second-order valence-electron chi connectivity index (χ2n) is 5.08. The molecule has 2 N–H and O–H groups in total. The van der Waals surface area contributed by atoms with Gasteiger partial charge in [0.05, 0.1) is 4.92 Å². The van der Waals surface area contributed by atoms with Gasteiger partial charge in [0.2, 0.25) is 0 Å². The van der Waals surface area contributed by atoms with E-state index < -0.39 is 22.5 Å². The lowest BCUT2D eigenvalue weighted by molar-refractivity contribution is -0.385. The molecular weight excluding hydrogens is 342 g/mol. The number of carboxylic acids is 1. The fourth-order valence-electron chi connectivity index (χ4n) is 2.32. The normalized spacial score (nSPS) is 10.3. The number of hydrogen-bond donors (Lipinski definition) is 2. The van der Waals surface area contributed by atoms with Crippen molar-refractivity contribution in [2.45, 2.75) is 0 Å². The van der Waals surface area contributed by atoms with Gasteiger partial charge in [-0.2, -0.15) is 0 Å². The Morgan fingerprint density at radius 1 is 1.08 bits per heavy atom. The standard InChI is InChI=1S/C16H11N5O5/c22-15(11-8-4-5-9-12(11)21(25)26)18-20-14(16(23)24)13(17-19-20)10-6-2-1-3-7-10/h1-9H,(H,18,22)(H,23,24). The molecule has 1 amide bonds. The Kier molecular flexibility index (Phi) is 4.39. The highest BCUT2D eigenvalue weighted by atomic mass is 16.6. The zero-order valence-corrected chi connectivity index (χ0v) is 13.1. The smallest absolute Gasteiger partial charge is 0.358 e. The number of carbonyl (C=O) groups is 2. The minimum absolute atomic E-state index is 0.0564. The first kappa shape index (κ1) is 16.8. The van der Waals surface area contributed by atoms with Gasteiger partial charge >= 0.3 is 5.97 Å². The van der Waals surface area contributed by atoms with Crippen LogP contribution >= 0.6 is 0 Å². The zero-order valence-electron chi connectivity index (χ0n) is 13.1. The molecule has 0 radical (unpaired) electrons. The van der Waals surface area contributed by atoms with Crippen LogP contribution in [0.5, 0.6) is 0 Å². The molecule has 10 nitrogen and oxygen atoms in total. The van der Waals surface area contributed by atoms with E-state index in [1.54, 1.807) is 30.3 Å². The molecule has 3 aromatic rings. The van der Waals surface area contributed by atoms with Crippen LogP contribution in [-0.4, -0.2) is 37.0 Å². The molecule has 26 heavy (non-hydrogen) atoms. The van der Waals surface area contributed by atoms with Gasteiger partial charge in [-0.25, -0.2) is 10.2 Å². The first-order valence-corrected chi connectivity index (χ1v) is 7.28. The number of amides is 1. The second-order valence-corrected chi connectivity index (χ2v) is 5.08. The van der Waals surface area contributed by atoms with Gasteiger partial charge in [0, 0.05) is 11.6 Å². The van der Waals surface area contributed by atoms with Crippen LogP contribution in [0.3, 0.4) is 0 Å². The predicted molar refractivity (Wildman–Crippen MR) is 89.2 cm³/mol. The number of carbonyl (C=O) groups excluding carboxylic acids is 1. The Morgan fingerprint density at radius 2 is 1.73 bits per heavy atom. The van der Waals surface area contributed by atoms with E-state index in [1.807, 2.05) is 0 Å². The Balaban J connectivity index is 1.99. The van der Waals surface area contributed by atoms with Crippen LogP contribution in [0.15, 0.2) is 54.6 Å². The molecule has 1 aromatic heterocycles. The zero-order chi connectivity index (χ0) is 18.7. The molecule has 2 aromatic carbocycles. The van der Waals surface area contributed by atoms with Crippen LogP contribution in [0.4, 0.5) is 5.69 Å². The van der Waals surface area contributed by atoms with Gasteiger partial charge < -0.3 is 5.11 Å². The lowest BCUT2D eigenvalue weighted by Gasteiger charge is -2.07. The molecule has 0 aliphatic rings. The van der Waals surface area contributed by atoms with Crippen molar-refractivity contribution < 1.29 is 19.6 Å². The molecule has 0 atom stereocenters. The van der Waals surface area contributed by atoms with Crippen LogP contribution in [0.2, 0.25) is 0 Å². The summed E-state index contributed by atoms with van der Waals surface area (Å²) in [5.74, 6) is -2.25. The Labute approximate surface area is 145 Å². The van der Waals surface area contributed by atoms with Gasteiger partial charge in [0.25, 0.3) is 11.6 Å². The van der Waals surface area contributed by atoms with Gasteiger partial charge in [-0.1, -0.05) is 42.5 Å². The first-order valence-electron chi connectivity index (χ1n) is 7.28. The molecule has 0 spiro atoms. The van der Waals surface area contributed by atoms with E-state index in [0.29, 0.717) is 10.4 Å². The molecule has 1 heterocycles. The SMILES string of the molecule is O=C(Nn1nnc(-c2ccccc2)c1C(=O)O)c1ccccc1[N+](=O)[O-]. The Morgan fingerprint density at radius 3 is 2.38 bits per heavy atom. The monoisotopic (exact) mass is 353 g/mol. The van der Waals surface area contributed by atoms with Crippen LogP contribution in [0.1, 0.15) is 20.8 Å². The van der Waals surface area contributed by atoms with Crippen molar-refractivity contribution in [2.75, 3.05) is 5.43 Å². The molecule has 0 aliphatic heterocycles. The van der Waals surface area contributed by atoms with Crippen molar-refractivity contribution in [1.29, 1.82) is 0 Å². The number of nitro benzene ring substituents is 1. The lowest BCUT2D eigenvalue weighted by Crippen LogP contribution is -2.28. The summed E-state index contributed by atoms with van der Waals surface area (Å²) in [6.45, 7) is 0. The number of nitro groups is 1. The molecule has 0 bridgehead atoms.